The van der Waals surface area contributed by atoms with Crippen molar-refractivity contribution in [2.75, 3.05) is 19.7 Å². The molecule has 0 aliphatic carbocycles. The predicted molar refractivity (Wildman–Crippen MR) is 104 cm³/mol. The Hall–Kier alpha value is -2.30. The van der Waals surface area contributed by atoms with E-state index in [0.717, 1.165) is 6.42 Å². The maximum Gasteiger partial charge on any atom is 0.349 e. The van der Waals surface area contributed by atoms with Gasteiger partial charge in [-0.05, 0) is 36.5 Å². The molecule has 1 aromatic carbocycles. The van der Waals surface area contributed by atoms with E-state index in [1.165, 1.54) is 0 Å². The van der Waals surface area contributed by atoms with Crippen LogP contribution < -0.4 is 10.4 Å². The molecule has 0 saturated heterocycles. The second kappa shape index (κ2) is 8.88. The maximum absolute atomic E-state index is 12.9. The molecular weight excluding hydrogens is 330 g/mol. The summed E-state index contributed by atoms with van der Waals surface area (Å²) in [4.78, 5) is 27.1. The van der Waals surface area contributed by atoms with Crippen LogP contribution in [0.3, 0.4) is 0 Å². The van der Waals surface area contributed by atoms with Gasteiger partial charge in [0.25, 0.3) is 5.91 Å². The molecule has 0 unspecified atom stereocenters. The van der Waals surface area contributed by atoms with Crippen LogP contribution in [-0.4, -0.2) is 30.5 Å². The van der Waals surface area contributed by atoms with Crippen molar-refractivity contribution >= 4 is 16.9 Å². The number of nitrogens with zero attached hydrogens (tertiary/aromatic N) is 1. The van der Waals surface area contributed by atoms with E-state index in [9.17, 15) is 9.59 Å². The van der Waals surface area contributed by atoms with Crippen LogP contribution in [0.2, 0.25) is 0 Å². The summed E-state index contributed by atoms with van der Waals surface area (Å²) in [5, 5.41) is 0.714. The first-order chi connectivity index (χ1) is 12.3. The first kappa shape index (κ1) is 20.0. The van der Waals surface area contributed by atoms with Gasteiger partial charge in [0, 0.05) is 24.5 Å². The number of hydrogen-bond acceptors (Lipinski definition) is 4. The molecule has 142 valence electrons. The molecule has 0 radical (unpaired) electrons. The third kappa shape index (κ3) is 5.10. The Bertz CT molecular complexity index is 797. The average Bonchev–Trinajstić information content (AvgIpc) is 2.57. The highest BCUT2D eigenvalue weighted by molar-refractivity contribution is 5.96. The second-order valence-corrected chi connectivity index (χ2v) is 7.49. The monoisotopic (exact) mass is 359 g/mol. The summed E-state index contributed by atoms with van der Waals surface area (Å²) < 4.78 is 11.0. The zero-order chi connectivity index (χ0) is 19.3. The molecule has 0 atom stereocenters. The minimum atomic E-state index is -0.604. The van der Waals surface area contributed by atoms with Crippen LogP contribution in [0.15, 0.2) is 33.5 Å². The SMILES string of the molecule is CCCOc1ccc2cc(C(=O)N(CC(C)C)CC(C)C)c(=O)oc2c1. The predicted octanol–water partition coefficient (Wildman–Crippen LogP) is 4.34. The lowest BCUT2D eigenvalue weighted by molar-refractivity contribution is 0.0711. The van der Waals surface area contributed by atoms with Gasteiger partial charge in [0.15, 0.2) is 0 Å². The summed E-state index contributed by atoms with van der Waals surface area (Å²) in [6, 6.07) is 6.96. The Balaban J connectivity index is 2.36. The summed E-state index contributed by atoms with van der Waals surface area (Å²) in [5.41, 5.74) is -0.0897. The van der Waals surface area contributed by atoms with Crippen molar-refractivity contribution < 1.29 is 13.9 Å². The molecule has 0 bridgehead atoms. The van der Waals surface area contributed by atoms with Crippen LogP contribution in [0, 0.1) is 11.8 Å². The van der Waals surface area contributed by atoms with Crippen LogP contribution in [0.5, 0.6) is 5.75 Å². The van der Waals surface area contributed by atoms with Gasteiger partial charge in [0.2, 0.25) is 0 Å². The molecule has 0 aliphatic heterocycles. The lowest BCUT2D eigenvalue weighted by atomic mass is 10.1. The van der Waals surface area contributed by atoms with Gasteiger partial charge in [-0.1, -0.05) is 34.6 Å². The minimum absolute atomic E-state index is 0.0843. The highest BCUT2D eigenvalue weighted by atomic mass is 16.5. The molecule has 5 nitrogen and oxygen atoms in total. The quantitative estimate of drug-likeness (QED) is 0.658. The first-order valence-electron chi connectivity index (χ1n) is 9.31. The molecule has 1 aromatic heterocycles. The lowest BCUT2D eigenvalue weighted by Gasteiger charge is -2.26. The Morgan fingerprint density at radius 1 is 1.12 bits per heavy atom. The molecule has 0 N–H and O–H groups in total. The fourth-order valence-corrected chi connectivity index (χ4v) is 2.84. The number of carbonyl (C=O) groups excluding carboxylic acids is 1. The molecule has 2 aromatic rings. The fourth-order valence-electron chi connectivity index (χ4n) is 2.84. The summed E-state index contributed by atoms with van der Waals surface area (Å²) in [6.45, 7) is 12.1. The average molecular weight is 359 g/mol. The molecule has 26 heavy (non-hydrogen) atoms. The van der Waals surface area contributed by atoms with E-state index in [-0.39, 0.29) is 11.5 Å². The highest BCUT2D eigenvalue weighted by Gasteiger charge is 2.22. The Morgan fingerprint density at radius 2 is 1.77 bits per heavy atom. The van der Waals surface area contributed by atoms with Crippen LogP contribution in [0.1, 0.15) is 51.4 Å². The standard InChI is InChI=1S/C21H29NO4/c1-6-9-25-17-8-7-16-10-18(21(24)26-19(16)11-17)20(23)22(12-14(2)3)13-15(4)5/h7-8,10-11,14-15H,6,9,12-13H2,1-5H3. The molecule has 0 spiro atoms. The fraction of sp³-hybridized carbons (Fsp3) is 0.524. The summed E-state index contributed by atoms with van der Waals surface area (Å²) in [7, 11) is 0. The van der Waals surface area contributed by atoms with Crippen molar-refractivity contribution in [1.29, 1.82) is 0 Å². The van der Waals surface area contributed by atoms with Gasteiger partial charge in [0.1, 0.15) is 16.9 Å². The van der Waals surface area contributed by atoms with Gasteiger partial charge in [-0.15, -0.1) is 0 Å². The van der Waals surface area contributed by atoms with Crippen LogP contribution in [-0.2, 0) is 0 Å². The molecule has 5 heteroatoms. The smallest absolute Gasteiger partial charge is 0.349 e. The van der Waals surface area contributed by atoms with E-state index in [1.807, 2.05) is 19.1 Å². The van der Waals surface area contributed by atoms with Crippen molar-refractivity contribution in [2.45, 2.75) is 41.0 Å². The van der Waals surface area contributed by atoms with E-state index in [0.29, 0.717) is 48.3 Å². The van der Waals surface area contributed by atoms with Gasteiger partial charge in [-0.25, -0.2) is 4.79 Å². The van der Waals surface area contributed by atoms with E-state index in [4.69, 9.17) is 9.15 Å². The van der Waals surface area contributed by atoms with E-state index >= 15 is 0 Å². The van der Waals surface area contributed by atoms with Gasteiger partial charge in [-0.3, -0.25) is 4.79 Å². The third-order valence-electron chi connectivity index (χ3n) is 3.87. The summed E-state index contributed by atoms with van der Waals surface area (Å²) in [5.74, 6) is 1.03. The van der Waals surface area contributed by atoms with Gasteiger partial charge in [-0.2, -0.15) is 0 Å². The van der Waals surface area contributed by atoms with Crippen molar-refractivity contribution in [3.63, 3.8) is 0 Å². The molecular formula is C21H29NO4. The molecule has 0 fully saturated rings. The molecule has 0 saturated carbocycles. The molecule has 1 heterocycles. The summed E-state index contributed by atoms with van der Waals surface area (Å²) in [6.07, 6.45) is 0.900. The Labute approximate surface area is 154 Å². The largest absolute Gasteiger partial charge is 0.493 e. The van der Waals surface area contributed by atoms with E-state index in [2.05, 4.69) is 27.7 Å². The van der Waals surface area contributed by atoms with E-state index < -0.39 is 5.63 Å². The normalized spacial score (nSPS) is 11.3. The highest BCUT2D eigenvalue weighted by Crippen LogP contribution is 2.21. The Kier molecular flexibility index (Phi) is 6.83. The van der Waals surface area contributed by atoms with Gasteiger partial charge in [0.05, 0.1) is 6.61 Å². The lowest BCUT2D eigenvalue weighted by Crippen LogP contribution is -2.39. The number of rotatable bonds is 8. The number of fused-ring (bicyclic) bond motifs is 1. The minimum Gasteiger partial charge on any atom is -0.493 e. The van der Waals surface area contributed by atoms with Gasteiger partial charge < -0.3 is 14.1 Å². The number of ether oxygens (including phenoxy) is 1. The van der Waals surface area contributed by atoms with Crippen LogP contribution >= 0.6 is 0 Å². The number of benzene rings is 1. The number of amides is 1. The zero-order valence-electron chi connectivity index (χ0n) is 16.4. The van der Waals surface area contributed by atoms with Gasteiger partial charge >= 0.3 is 5.63 Å². The van der Waals surface area contributed by atoms with Crippen molar-refractivity contribution in [2.24, 2.45) is 11.8 Å². The van der Waals surface area contributed by atoms with Crippen molar-refractivity contribution in [3.8, 4) is 5.75 Å². The number of hydrogen-bond donors (Lipinski definition) is 0. The third-order valence-corrected chi connectivity index (χ3v) is 3.87. The second-order valence-electron chi connectivity index (χ2n) is 7.49. The van der Waals surface area contributed by atoms with Crippen LogP contribution in [0.25, 0.3) is 11.0 Å². The molecule has 0 aliphatic rings. The van der Waals surface area contributed by atoms with Crippen molar-refractivity contribution in [3.05, 3.63) is 40.2 Å². The zero-order valence-corrected chi connectivity index (χ0v) is 16.4. The number of carbonyl (C=O) groups is 1. The van der Waals surface area contributed by atoms with E-state index in [1.54, 1.807) is 17.0 Å². The maximum atomic E-state index is 12.9. The molecule has 2 rings (SSSR count). The Morgan fingerprint density at radius 3 is 2.35 bits per heavy atom. The molecule has 1 amide bonds. The summed E-state index contributed by atoms with van der Waals surface area (Å²) >= 11 is 0. The first-order valence-corrected chi connectivity index (χ1v) is 9.31. The topological polar surface area (TPSA) is 59.8 Å². The van der Waals surface area contributed by atoms with Crippen LogP contribution in [0.4, 0.5) is 0 Å². The van der Waals surface area contributed by atoms with Crippen molar-refractivity contribution in [1.82, 2.24) is 4.90 Å².